The van der Waals surface area contributed by atoms with Crippen LogP contribution in [0.4, 0.5) is 0 Å². The lowest BCUT2D eigenvalue weighted by atomic mass is 9.93. The Bertz CT molecular complexity index is 1640. The van der Waals surface area contributed by atoms with Gasteiger partial charge in [0.1, 0.15) is 30.5 Å². The Morgan fingerprint density at radius 1 is 1.03 bits per heavy atom. The summed E-state index contributed by atoms with van der Waals surface area (Å²) in [5, 5.41) is 6.16. The highest BCUT2D eigenvalue weighted by molar-refractivity contribution is 6.31. The first kappa shape index (κ1) is 20.7. The van der Waals surface area contributed by atoms with Crippen LogP contribution in [0.1, 0.15) is 28.6 Å². The van der Waals surface area contributed by atoms with Gasteiger partial charge in [-0.15, -0.1) is 0 Å². The number of aryl methyl sites for hydroxylation is 2. The summed E-state index contributed by atoms with van der Waals surface area (Å²) in [6.45, 7) is 2.26. The molecule has 168 valence electrons. The van der Waals surface area contributed by atoms with E-state index in [1.54, 1.807) is 24.0 Å². The van der Waals surface area contributed by atoms with Crippen LogP contribution in [0.2, 0.25) is 5.02 Å². The number of pyridine rings is 1. The summed E-state index contributed by atoms with van der Waals surface area (Å²) in [7, 11) is 1.80. The molecule has 6 bridgehead atoms. The van der Waals surface area contributed by atoms with E-state index < -0.39 is 0 Å². The topological polar surface area (TPSA) is 61.9 Å². The summed E-state index contributed by atoms with van der Waals surface area (Å²) >= 11 is 6.55. The average Bonchev–Trinajstić information content (AvgIpc) is 3.26. The number of hydrogen-bond acceptors (Lipinski definition) is 4. The predicted octanol–water partition coefficient (Wildman–Crippen LogP) is 5.29. The number of nitrogens with zero attached hydrogens (tertiary/aromatic N) is 4. The molecule has 1 aliphatic rings. The van der Waals surface area contributed by atoms with Crippen LogP contribution in [-0.2, 0) is 13.7 Å². The lowest BCUT2D eigenvalue weighted by molar-refractivity contribution is 0.306. The molecule has 0 unspecified atom stereocenters. The van der Waals surface area contributed by atoms with Gasteiger partial charge in [-0.2, -0.15) is 5.10 Å². The molecule has 0 saturated heterocycles. The molecule has 7 heteroatoms. The van der Waals surface area contributed by atoms with Gasteiger partial charge < -0.3 is 9.30 Å². The van der Waals surface area contributed by atoms with Crippen LogP contribution in [0.15, 0.2) is 77.9 Å². The number of hydrogen-bond donors (Lipinski definition) is 0. The van der Waals surface area contributed by atoms with Gasteiger partial charge >= 0.3 is 0 Å². The van der Waals surface area contributed by atoms with Crippen LogP contribution in [0.25, 0.3) is 22.0 Å². The van der Waals surface area contributed by atoms with Gasteiger partial charge in [-0.1, -0.05) is 35.9 Å². The number of fused-ring (bicyclic) bond motifs is 6. The Hall–Kier alpha value is -3.90. The first-order valence-corrected chi connectivity index (χ1v) is 11.4. The number of rotatable bonds is 1. The van der Waals surface area contributed by atoms with Crippen molar-refractivity contribution < 1.29 is 4.74 Å². The number of halogens is 1. The van der Waals surface area contributed by atoms with E-state index in [0.717, 1.165) is 44.5 Å². The minimum Gasteiger partial charge on any atom is -0.489 e. The second kappa shape index (κ2) is 7.85. The van der Waals surface area contributed by atoms with Crippen molar-refractivity contribution in [3.8, 4) is 16.9 Å². The normalized spacial score (nSPS) is 14.9. The fourth-order valence-electron chi connectivity index (χ4n) is 4.71. The SMILES string of the molecule is Cc1ncnn1[C@@H]1c2ccc(Cl)c(c2)COc2cccc(c2)-c2cc(=O)n(C)c3ccc1cc23. The molecule has 0 N–H and O–H groups in total. The highest BCUT2D eigenvalue weighted by atomic mass is 35.5. The maximum atomic E-state index is 12.8. The third-order valence-electron chi connectivity index (χ3n) is 6.51. The monoisotopic (exact) mass is 468 g/mol. The highest BCUT2D eigenvalue weighted by Gasteiger charge is 2.22. The van der Waals surface area contributed by atoms with Crippen LogP contribution < -0.4 is 10.3 Å². The number of aromatic nitrogens is 4. The van der Waals surface area contributed by atoms with Crippen molar-refractivity contribution >= 4 is 22.5 Å². The van der Waals surface area contributed by atoms with E-state index in [1.807, 2.05) is 54.1 Å². The van der Waals surface area contributed by atoms with Crippen molar-refractivity contribution in [2.75, 3.05) is 0 Å². The molecule has 0 amide bonds. The number of benzene rings is 3. The Morgan fingerprint density at radius 3 is 2.68 bits per heavy atom. The first-order chi connectivity index (χ1) is 16.5. The second-order valence-corrected chi connectivity index (χ2v) is 8.96. The summed E-state index contributed by atoms with van der Waals surface area (Å²) in [5.41, 5.74) is 5.52. The molecule has 6 nitrogen and oxygen atoms in total. The van der Waals surface area contributed by atoms with Gasteiger partial charge in [0, 0.05) is 29.1 Å². The summed E-state index contributed by atoms with van der Waals surface area (Å²) in [6, 6.07) is 21.5. The largest absolute Gasteiger partial charge is 0.489 e. The lowest BCUT2D eigenvalue weighted by Crippen LogP contribution is -2.18. The molecule has 1 aliphatic heterocycles. The standard InChI is InChI=1S/C27H21ClN4O2/c1-16-29-15-30-32(16)27-18-6-8-24(28)20(10-18)14-34-21-5-3-4-17(11-21)22-13-26(33)31(2)25-9-7-19(27)12-23(22)25/h3-13,15,27H,14H2,1-2H3/t27-/m1/s1. The molecular formula is C27H21ClN4O2. The third kappa shape index (κ3) is 3.30. The van der Waals surface area contributed by atoms with Crippen molar-refractivity contribution in [1.82, 2.24) is 19.3 Å². The van der Waals surface area contributed by atoms with Crippen molar-refractivity contribution in [3.05, 3.63) is 111 Å². The zero-order valence-electron chi connectivity index (χ0n) is 18.7. The Balaban J connectivity index is 1.72. The van der Waals surface area contributed by atoms with E-state index in [9.17, 15) is 4.79 Å². The van der Waals surface area contributed by atoms with Gasteiger partial charge in [0.05, 0.1) is 5.52 Å². The maximum absolute atomic E-state index is 12.8. The average molecular weight is 469 g/mol. The molecule has 6 rings (SSSR count). The molecule has 3 heterocycles. The van der Waals surface area contributed by atoms with Crippen molar-refractivity contribution in [2.45, 2.75) is 19.6 Å². The maximum Gasteiger partial charge on any atom is 0.251 e. The van der Waals surface area contributed by atoms with E-state index in [0.29, 0.717) is 17.4 Å². The minimum atomic E-state index is -0.225. The molecule has 0 saturated carbocycles. The molecular weight excluding hydrogens is 448 g/mol. The highest BCUT2D eigenvalue weighted by Crippen LogP contribution is 2.36. The molecule has 34 heavy (non-hydrogen) atoms. The summed E-state index contributed by atoms with van der Waals surface area (Å²) in [5.74, 6) is 1.52. The van der Waals surface area contributed by atoms with Crippen LogP contribution in [0.3, 0.4) is 0 Å². The van der Waals surface area contributed by atoms with E-state index >= 15 is 0 Å². The predicted molar refractivity (Wildman–Crippen MR) is 132 cm³/mol. The third-order valence-corrected chi connectivity index (χ3v) is 6.88. The van der Waals surface area contributed by atoms with Gasteiger partial charge in [-0.05, 0) is 65.6 Å². The fourth-order valence-corrected chi connectivity index (χ4v) is 4.89. The smallest absolute Gasteiger partial charge is 0.251 e. The van der Waals surface area contributed by atoms with Gasteiger partial charge in [-0.3, -0.25) is 4.79 Å². The quantitative estimate of drug-likeness (QED) is 0.335. The fraction of sp³-hybridized carbons (Fsp3) is 0.148. The molecule has 3 aromatic carbocycles. The van der Waals surface area contributed by atoms with Crippen molar-refractivity contribution in [1.29, 1.82) is 0 Å². The zero-order valence-corrected chi connectivity index (χ0v) is 19.5. The molecule has 0 aliphatic carbocycles. The van der Waals surface area contributed by atoms with E-state index in [-0.39, 0.29) is 11.6 Å². The van der Waals surface area contributed by atoms with E-state index in [1.165, 1.54) is 0 Å². The van der Waals surface area contributed by atoms with Gasteiger partial charge in [0.15, 0.2) is 0 Å². The van der Waals surface area contributed by atoms with Crippen LogP contribution in [0.5, 0.6) is 5.75 Å². The Kier molecular flexibility index (Phi) is 4.78. The molecule has 0 spiro atoms. The Labute approximate surface area is 201 Å². The first-order valence-electron chi connectivity index (χ1n) is 11.0. The van der Waals surface area contributed by atoms with Gasteiger partial charge in [-0.25, -0.2) is 9.67 Å². The second-order valence-electron chi connectivity index (χ2n) is 8.55. The number of ether oxygens (including phenoxy) is 1. The summed E-state index contributed by atoms with van der Waals surface area (Å²) in [4.78, 5) is 17.2. The van der Waals surface area contributed by atoms with Crippen LogP contribution in [-0.4, -0.2) is 19.3 Å². The molecule has 5 aromatic rings. The molecule has 1 atom stereocenters. The van der Waals surface area contributed by atoms with Crippen molar-refractivity contribution in [2.24, 2.45) is 7.05 Å². The van der Waals surface area contributed by atoms with Crippen molar-refractivity contribution in [3.63, 3.8) is 0 Å². The van der Waals surface area contributed by atoms with Crippen LogP contribution >= 0.6 is 11.6 Å². The molecule has 0 fully saturated rings. The minimum absolute atomic E-state index is 0.0620. The summed E-state index contributed by atoms with van der Waals surface area (Å²) < 4.78 is 9.73. The summed E-state index contributed by atoms with van der Waals surface area (Å²) in [6.07, 6.45) is 1.57. The van der Waals surface area contributed by atoms with E-state index in [2.05, 4.69) is 28.3 Å². The van der Waals surface area contributed by atoms with Crippen LogP contribution in [0, 0.1) is 6.92 Å². The lowest BCUT2D eigenvalue weighted by Gasteiger charge is -2.22. The molecule has 0 radical (unpaired) electrons. The van der Waals surface area contributed by atoms with Gasteiger partial charge in [0.25, 0.3) is 5.56 Å². The Morgan fingerprint density at radius 2 is 1.85 bits per heavy atom. The van der Waals surface area contributed by atoms with Gasteiger partial charge in [0.2, 0.25) is 0 Å². The zero-order chi connectivity index (χ0) is 23.4. The van der Waals surface area contributed by atoms with E-state index in [4.69, 9.17) is 16.3 Å². The molecule has 2 aromatic heterocycles.